The Morgan fingerprint density at radius 1 is 1.02 bits per heavy atom. The minimum atomic E-state index is -0.766. The number of rotatable bonds is 11. The normalized spacial score (nSPS) is 18.1. The first-order chi connectivity index (χ1) is 21.5. The number of carbonyl (C=O) groups is 1. The van der Waals surface area contributed by atoms with Gasteiger partial charge < -0.3 is 19.0 Å². The summed E-state index contributed by atoms with van der Waals surface area (Å²) >= 11 is 0. The number of aryl methyl sites for hydroxylation is 1. The molecule has 0 spiro atoms. The summed E-state index contributed by atoms with van der Waals surface area (Å²) in [6.45, 7) is 8.32. The average Bonchev–Trinajstić information content (AvgIpc) is 3.46. The van der Waals surface area contributed by atoms with Crippen LogP contribution in [-0.4, -0.2) is 78.4 Å². The number of benzene rings is 3. The van der Waals surface area contributed by atoms with Gasteiger partial charge in [-0.15, -0.1) is 0 Å². The van der Waals surface area contributed by atoms with Crippen LogP contribution in [0.1, 0.15) is 48.8 Å². The standard InChI is InChI=1S/C36H43N3O5/c1-25-29(27-11-7-10-26(21-27)9-3-5-15-38-17-19-43-20-18-38)12-8-13-30(25)35-37-31-22-28(33(42-2)23-34(31)44-35)24-39-16-6-4-14-32(39)36(40)41/h7-8,10-13,21-23,32H,3-6,9,14-20,24H2,1-2H3,(H,40,41). The smallest absolute Gasteiger partial charge is 0.320 e. The van der Waals surface area contributed by atoms with E-state index >= 15 is 0 Å². The van der Waals surface area contributed by atoms with Gasteiger partial charge in [0.1, 0.15) is 17.3 Å². The highest BCUT2D eigenvalue weighted by atomic mass is 16.5. The molecule has 3 heterocycles. The first kappa shape index (κ1) is 30.3. The Morgan fingerprint density at radius 3 is 2.66 bits per heavy atom. The van der Waals surface area contributed by atoms with Crippen molar-refractivity contribution in [2.45, 2.75) is 58.0 Å². The summed E-state index contributed by atoms with van der Waals surface area (Å²) in [5.74, 6) is 0.486. The topological polar surface area (TPSA) is 88.3 Å². The Kier molecular flexibility index (Phi) is 9.60. The number of carboxylic acids is 1. The van der Waals surface area contributed by atoms with Gasteiger partial charge >= 0.3 is 5.97 Å². The fraction of sp³-hybridized carbons (Fsp3) is 0.444. The maximum atomic E-state index is 11.9. The number of hydrogen-bond acceptors (Lipinski definition) is 7. The number of methoxy groups -OCH3 is 1. The summed E-state index contributed by atoms with van der Waals surface area (Å²) in [6.07, 6.45) is 6.03. The zero-order chi connectivity index (χ0) is 30.5. The Morgan fingerprint density at radius 2 is 1.84 bits per heavy atom. The summed E-state index contributed by atoms with van der Waals surface area (Å²) in [5, 5.41) is 9.75. The van der Waals surface area contributed by atoms with Gasteiger partial charge in [0.2, 0.25) is 5.89 Å². The number of fused-ring (bicyclic) bond motifs is 1. The lowest BCUT2D eigenvalue weighted by molar-refractivity contribution is -0.144. The SMILES string of the molecule is COc1cc2oc(-c3cccc(-c4cccc(CCCCN5CCOCC5)c4)c3C)nc2cc1CN1CCCCC1C(=O)O. The summed E-state index contributed by atoms with van der Waals surface area (Å²) < 4.78 is 17.5. The van der Waals surface area contributed by atoms with Crippen molar-refractivity contribution in [1.29, 1.82) is 0 Å². The first-order valence-electron chi connectivity index (χ1n) is 15.9. The van der Waals surface area contributed by atoms with Gasteiger partial charge in [-0.05, 0) is 86.5 Å². The molecule has 2 saturated heterocycles. The maximum Gasteiger partial charge on any atom is 0.320 e. The fourth-order valence-corrected chi connectivity index (χ4v) is 6.67. The molecule has 232 valence electrons. The largest absolute Gasteiger partial charge is 0.496 e. The number of carboxylic acid groups (broad SMARTS) is 1. The molecule has 1 aromatic heterocycles. The minimum absolute atomic E-state index is 0.476. The van der Waals surface area contributed by atoms with Crippen molar-refractivity contribution in [3.63, 3.8) is 0 Å². The number of unbranched alkanes of at least 4 members (excludes halogenated alkanes) is 1. The van der Waals surface area contributed by atoms with E-state index < -0.39 is 12.0 Å². The predicted octanol–water partition coefficient (Wildman–Crippen LogP) is 6.57. The van der Waals surface area contributed by atoms with E-state index in [9.17, 15) is 9.90 Å². The zero-order valence-corrected chi connectivity index (χ0v) is 25.9. The van der Waals surface area contributed by atoms with Crippen LogP contribution in [0.5, 0.6) is 5.75 Å². The van der Waals surface area contributed by atoms with Crippen molar-refractivity contribution in [1.82, 2.24) is 14.8 Å². The first-order valence-corrected chi connectivity index (χ1v) is 15.9. The number of ether oxygens (including phenoxy) is 2. The van der Waals surface area contributed by atoms with Gasteiger partial charge in [-0.2, -0.15) is 0 Å². The summed E-state index contributed by atoms with van der Waals surface area (Å²) in [6, 6.07) is 18.5. The van der Waals surface area contributed by atoms with Crippen LogP contribution < -0.4 is 4.74 Å². The number of piperidine rings is 1. The molecule has 1 N–H and O–H groups in total. The number of aliphatic carboxylic acids is 1. The molecular weight excluding hydrogens is 554 g/mol. The average molecular weight is 598 g/mol. The summed E-state index contributed by atoms with van der Waals surface area (Å²) in [4.78, 5) is 21.3. The van der Waals surface area contributed by atoms with Crippen LogP contribution in [0.3, 0.4) is 0 Å². The van der Waals surface area contributed by atoms with Crippen LogP contribution in [0.4, 0.5) is 0 Å². The molecule has 2 fully saturated rings. The van der Waals surface area contributed by atoms with Crippen LogP contribution in [0, 0.1) is 6.92 Å². The molecule has 1 unspecified atom stereocenters. The molecule has 2 aliphatic rings. The highest BCUT2D eigenvalue weighted by Crippen LogP contribution is 2.36. The van der Waals surface area contributed by atoms with E-state index in [4.69, 9.17) is 18.9 Å². The van der Waals surface area contributed by atoms with Crippen molar-refractivity contribution in [3.05, 3.63) is 71.3 Å². The molecule has 8 nitrogen and oxygen atoms in total. The molecule has 6 rings (SSSR count). The highest BCUT2D eigenvalue weighted by Gasteiger charge is 2.29. The highest BCUT2D eigenvalue weighted by molar-refractivity contribution is 5.82. The van der Waals surface area contributed by atoms with Crippen LogP contribution in [0.2, 0.25) is 0 Å². The number of hydrogen-bond donors (Lipinski definition) is 1. The molecule has 0 aliphatic carbocycles. The van der Waals surface area contributed by atoms with Crippen LogP contribution >= 0.6 is 0 Å². The molecule has 0 bridgehead atoms. The lowest BCUT2D eigenvalue weighted by Gasteiger charge is -2.33. The molecule has 44 heavy (non-hydrogen) atoms. The monoisotopic (exact) mass is 597 g/mol. The molecule has 1 atom stereocenters. The second kappa shape index (κ2) is 13.9. The van der Waals surface area contributed by atoms with Crippen LogP contribution in [0.25, 0.3) is 33.7 Å². The number of morpholine rings is 1. The summed E-state index contributed by atoms with van der Waals surface area (Å²) in [5.41, 5.74) is 8.11. The third-order valence-electron chi connectivity index (χ3n) is 9.16. The molecule has 0 amide bonds. The lowest BCUT2D eigenvalue weighted by Crippen LogP contribution is -2.44. The van der Waals surface area contributed by atoms with E-state index in [-0.39, 0.29) is 0 Å². The molecule has 3 aromatic carbocycles. The van der Waals surface area contributed by atoms with Crippen molar-refractivity contribution in [3.8, 4) is 28.3 Å². The lowest BCUT2D eigenvalue weighted by atomic mass is 9.94. The molecule has 4 aromatic rings. The van der Waals surface area contributed by atoms with E-state index in [1.165, 1.54) is 29.5 Å². The molecular formula is C36H43N3O5. The van der Waals surface area contributed by atoms with Crippen molar-refractivity contribution in [2.24, 2.45) is 0 Å². The van der Waals surface area contributed by atoms with Gasteiger partial charge in [0.05, 0.1) is 20.3 Å². The van der Waals surface area contributed by atoms with E-state index in [1.54, 1.807) is 7.11 Å². The second-order valence-corrected chi connectivity index (χ2v) is 12.1. The number of aromatic nitrogens is 1. The van der Waals surface area contributed by atoms with Gasteiger partial charge in [-0.3, -0.25) is 14.6 Å². The van der Waals surface area contributed by atoms with E-state index in [2.05, 4.69) is 54.3 Å². The zero-order valence-electron chi connectivity index (χ0n) is 25.9. The van der Waals surface area contributed by atoms with Gasteiger partial charge in [-0.25, -0.2) is 4.98 Å². The van der Waals surface area contributed by atoms with E-state index in [0.29, 0.717) is 30.2 Å². The van der Waals surface area contributed by atoms with Gasteiger partial charge in [0.25, 0.3) is 0 Å². The Hall–Kier alpha value is -3.72. The Labute approximate surface area is 259 Å². The Balaban J connectivity index is 1.20. The van der Waals surface area contributed by atoms with Gasteiger partial charge in [0.15, 0.2) is 5.58 Å². The number of oxazole rings is 1. The van der Waals surface area contributed by atoms with Crippen molar-refractivity contribution in [2.75, 3.05) is 46.5 Å². The predicted molar refractivity (Wildman–Crippen MR) is 172 cm³/mol. The fourth-order valence-electron chi connectivity index (χ4n) is 6.67. The van der Waals surface area contributed by atoms with E-state index in [0.717, 1.165) is 80.9 Å². The van der Waals surface area contributed by atoms with Crippen molar-refractivity contribution >= 4 is 17.1 Å². The Bertz CT molecular complexity index is 1590. The van der Waals surface area contributed by atoms with Crippen LogP contribution in [0.15, 0.2) is 59.0 Å². The number of likely N-dealkylation sites (tertiary alicyclic amines) is 1. The van der Waals surface area contributed by atoms with Crippen molar-refractivity contribution < 1.29 is 23.8 Å². The quantitative estimate of drug-likeness (QED) is 0.194. The molecule has 0 saturated carbocycles. The second-order valence-electron chi connectivity index (χ2n) is 12.1. The summed E-state index contributed by atoms with van der Waals surface area (Å²) in [7, 11) is 1.64. The van der Waals surface area contributed by atoms with Gasteiger partial charge in [0, 0.05) is 36.8 Å². The minimum Gasteiger partial charge on any atom is -0.496 e. The third-order valence-corrected chi connectivity index (χ3v) is 9.16. The van der Waals surface area contributed by atoms with Crippen LogP contribution in [-0.2, 0) is 22.5 Å². The molecule has 0 radical (unpaired) electrons. The maximum absolute atomic E-state index is 11.9. The van der Waals surface area contributed by atoms with E-state index in [1.807, 2.05) is 17.0 Å². The molecule has 2 aliphatic heterocycles. The van der Waals surface area contributed by atoms with Gasteiger partial charge in [-0.1, -0.05) is 42.8 Å². The third kappa shape index (κ3) is 6.83. The number of nitrogens with zero attached hydrogens (tertiary/aromatic N) is 3. The molecule has 8 heteroatoms.